The first-order valence-corrected chi connectivity index (χ1v) is 7.28. The Balaban J connectivity index is 1.72. The van der Waals surface area contributed by atoms with E-state index in [0.717, 1.165) is 24.2 Å². The number of hydrogen-bond acceptors (Lipinski definition) is 3. The first-order valence-electron chi connectivity index (χ1n) is 6.29. The maximum Gasteiger partial charge on any atom is 0.123 e. The quantitative estimate of drug-likeness (QED) is 0.644. The standard InChI is InChI=1S/C15H17FN2S/c16-13-5-3-12(4-6-13)15(17)2-1-11-19-14-7-9-18-10-8-14/h3-10,15H,1-2,11,17H2. The summed E-state index contributed by atoms with van der Waals surface area (Å²) in [5.41, 5.74) is 7.08. The van der Waals surface area contributed by atoms with Gasteiger partial charge in [-0.15, -0.1) is 11.8 Å². The maximum absolute atomic E-state index is 12.8. The van der Waals surface area contributed by atoms with E-state index in [-0.39, 0.29) is 11.9 Å². The van der Waals surface area contributed by atoms with Gasteiger partial charge in [0.1, 0.15) is 5.82 Å². The van der Waals surface area contributed by atoms with Crippen LogP contribution in [0.25, 0.3) is 0 Å². The van der Waals surface area contributed by atoms with Crippen molar-refractivity contribution in [2.45, 2.75) is 23.8 Å². The van der Waals surface area contributed by atoms with Crippen LogP contribution < -0.4 is 5.73 Å². The van der Waals surface area contributed by atoms with Crippen LogP contribution in [0.2, 0.25) is 0 Å². The van der Waals surface area contributed by atoms with E-state index in [1.165, 1.54) is 17.0 Å². The summed E-state index contributed by atoms with van der Waals surface area (Å²) >= 11 is 1.80. The molecule has 1 aromatic heterocycles. The van der Waals surface area contributed by atoms with Gasteiger partial charge in [0, 0.05) is 23.3 Å². The Hall–Kier alpha value is -1.39. The van der Waals surface area contributed by atoms with Crippen molar-refractivity contribution in [3.63, 3.8) is 0 Å². The average Bonchev–Trinajstić information content (AvgIpc) is 2.45. The molecule has 0 radical (unpaired) electrons. The van der Waals surface area contributed by atoms with Gasteiger partial charge in [0.2, 0.25) is 0 Å². The van der Waals surface area contributed by atoms with Crippen LogP contribution in [0.15, 0.2) is 53.7 Å². The summed E-state index contributed by atoms with van der Waals surface area (Å²) in [6.45, 7) is 0. The van der Waals surface area contributed by atoms with Crippen LogP contribution in [0.3, 0.4) is 0 Å². The van der Waals surface area contributed by atoms with Crippen molar-refractivity contribution in [2.24, 2.45) is 5.73 Å². The van der Waals surface area contributed by atoms with Crippen molar-refractivity contribution in [3.8, 4) is 0 Å². The molecule has 19 heavy (non-hydrogen) atoms. The van der Waals surface area contributed by atoms with Crippen molar-refractivity contribution in [1.29, 1.82) is 0 Å². The van der Waals surface area contributed by atoms with E-state index in [9.17, 15) is 4.39 Å². The summed E-state index contributed by atoms with van der Waals surface area (Å²) in [5.74, 6) is 0.808. The van der Waals surface area contributed by atoms with Crippen LogP contribution in [-0.2, 0) is 0 Å². The average molecular weight is 276 g/mol. The van der Waals surface area contributed by atoms with Crippen molar-refractivity contribution in [1.82, 2.24) is 4.98 Å². The Morgan fingerprint density at radius 1 is 1.11 bits per heavy atom. The monoisotopic (exact) mass is 276 g/mol. The molecule has 1 aromatic carbocycles. The zero-order valence-corrected chi connectivity index (χ0v) is 11.4. The van der Waals surface area contributed by atoms with Crippen molar-refractivity contribution < 1.29 is 4.39 Å². The third-order valence-electron chi connectivity index (χ3n) is 2.88. The molecular formula is C15H17FN2S. The van der Waals surface area contributed by atoms with E-state index >= 15 is 0 Å². The van der Waals surface area contributed by atoms with Gasteiger partial charge in [-0.25, -0.2) is 4.39 Å². The van der Waals surface area contributed by atoms with Crippen LogP contribution in [0.4, 0.5) is 4.39 Å². The molecule has 4 heteroatoms. The lowest BCUT2D eigenvalue weighted by molar-refractivity contribution is 0.617. The highest BCUT2D eigenvalue weighted by Crippen LogP contribution is 2.21. The maximum atomic E-state index is 12.8. The highest BCUT2D eigenvalue weighted by atomic mass is 32.2. The summed E-state index contributed by atoms with van der Waals surface area (Å²) in [6.07, 6.45) is 5.54. The molecule has 0 saturated carbocycles. The van der Waals surface area contributed by atoms with E-state index < -0.39 is 0 Å². The summed E-state index contributed by atoms with van der Waals surface area (Å²) in [7, 11) is 0. The van der Waals surface area contributed by atoms with Gasteiger partial charge in [0.25, 0.3) is 0 Å². The Morgan fingerprint density at radius 2 is 1.79 bits per heavy atom. The first-order chi connectivity index (χ1) is 9.25. The lowest BCUT2D eigenvalue weighted by atomic mass is 10.0. The number of hydrogen-bond donors (Lipinski definition) is 1. The number of rotatable bonds is 6. The largest absolute Gasteiger partial charge is 0.324 e. The zero-order chi connectivity index (χ0) is 13.5. The highest BCUT2D eigenvalue weighted by Gasteiger charge is 2.05. The fourth-order valence-electron chi connectivity index (χ4n) is 1.80. The molecule has 0 amide bonds. The SMILES string of the molecule is NC(CCCSc1ccncc1)c1ccc(F)cc1. The molecule has 0 aliphatic rings. The molecule has 2 aromatic rings. The normalized spacial score (nSPS) is 12.3. The van der Waals surface area contributed by atoms with Gasteiger partial charge in [-0.2, -0.15) is 0 Å². The summed E-state index contributed by atoms with van der Waals surface area (Å²) < 4.78 is 12.8. The molecule has 0 aliphatic heterocycles. The fourth-order valence-corrected chi connectivity index (χ4v) is 2.67. The second-order valence-electron chi connectivity index (χ2n) is 4.33. The number of nitrogens with two attached hydrogens (primary N) is 1. The number of nitrogens with zero attached hydrogens (tertiary/aromatic N) is 1. The topological polar surface area (TPSA) is 38.9 Å². The minimum atomic E-state index is -0.218. The number of aromatic nitrogens is 1. The van der Waals surface area contributed by atoms with Crippen molar-refractivity contribution >= 4 is 11.8 Å². The Bertz CT molecular complexity index is 487. The molecular weight excluding hydrogens is 259 g/mol. The molecule has 1 heterocycles. The lowest BCUT2D eigenvalue weighted by Gasteiger charge is -2.11. The van der Waals surface area contributed by atoms with Gasteiger partial charge in [0.05, 0.1) is 0 Å². The molecule has 0 spiro atoms. The van der Waals surface area contributed by atoms with Gasteiger partial charge >= 0.3 is 0 Å². The summed E-state index contributed by atoms with van der Waals surface area (Å²) in [5, 5.41) is 0. The Labute approximate surface area is 117 Å². The van der Waals surface area contributed by atoms with E-state index in [1.54, 1.807) is 36.3 Å². The predicted molar refractivity (Wildman–Crippen MR) is 77.5 cm³/mol. The van der Waals surface area contributed by atoms with Crippen LogP contribution >= 0.6 is 11.8 Å². The molecule has 1 unspecified atom stereocenters. The molecule has 0 bridgehead atoms. The number of benzene rings is 1. The van der Waals surface area contributed by atoms with E-state index in [2.05, 4.69) is 4.98 Å². The fraction of sp³-hybridized carbons (Fsp3) is 0.267. The molecule has 100 valence electrons. The predicted octanol–water partition coefficient (Wildman–Crippen LogP) is 3.79. The Kier molecular flexibility index (Phi) is 5.36. The summed E-state index contributed by atoms with van der Waals surface area (Å²) in [4.78, 5) is 5.21. The minimum absolute atomic E-state index is 0.0151. The molecule has 0 saturated heterocycles. The summed E-state index contributed by atoms with van der Waals surface area (Å²) in [6, 6.07) is 10.4. The van der Waals surface area contributed by atoms with Crippen LogP contribution in [0.1, 0.15) is 24.4 Å². The van der Waals surface area contributed by atoms with Gasteiger partial charge in [-0.3, -0.25) is 4.98 Å². The van der Waals surface area contributed by atoms with Crippen LogP contribution in [-0.4, -0.2) is 10.7 Å². The minimum Gasteiger partial charge on any atom is -0.324 e. The highest BCUT2D eigenvalue weighted by molar-refractivity contribution is 7.99. The van der Waals surface area contributed by atoms with Gasteiger partial charge in [-0.05, 0) is 48.4 Å². The van der Waals surface area contributed by atoms with E-state index in [1.807, 2.05) is 12.1 Å². The number of halogens is 1. The number of thioether (sulfide) groups is 1. The second kappa shape index (κ2) is 7.26. The van der Waals surface area contributed by atoms with Gasteiger partial charge < -0.3 is 5.73 Å². The molecule has 2 rings (SSSR count). The molecule has 0 aliphatic carbocycles. The second-order valence-corrected chi connectivity index (χ2v) is 5.50. The first kappa shape index (κ1) is 14.0. The molecule has 2 N–H and O–H groups in total. The van der Waals surface area contributed by atoms with Crippen LogP contribution in [0, 0.1) is 5.82 Å². The van der Waals surface area contributed by atoms with E-state index in [0.29, 0.717) is 0 Å². The third kappa shape index (κ3) is 4.65. The molecule has 1 atom stereocenters. The molecule has 0 fully saturated rings. The van der Waals surface area contributed by atoms with E-state index in [4.69, 9.17) is 5.73 Å². The Morgan fingerprint density at radius 3 is 2.47 bits per heavy atom. The number of pyridine rings is 1. The van der Waals surface area contributed by atoms with Gasteiger partial charge in [-0.1, -0.05) is 12.1 Å². The third-order valence-corrected chi connectivity index (χ3v) is 3.97. The van der Waals surface area contributed by atoms with Gasteiger partial charge in [0.15, 0.2) is 0 Å². The molecule has 2 nitrogen and oxygen atoms in total. The van der Waals surface area contributed by atoms with Crippen molar-refractivity contribution in [3.05, 3.63) is 60.2 Å². The lowest BCUT2D eigenvalue weighted by Crippen LogP contribution is -2.10. The van der Waals surface area contributed by atoms with Crippen LogP contribution in [0.5, 0.6) is 0 Å². The zero-order valence-electron chi connectivity index (χ0n) is 10.6. The van der Waals surface area contributed by atoms with Crippen molar-refractivity contribution in [2.75, 3.05) is 5.75 Å². The smallest absolute Gasteiger partial charge is 0.123 e.